The van der Waals surface area contributed by atoms with Crippen molar-refractivity contribution >= 4 is 22.2 Å². The highest BCUT2D eigenvalue weighted by Gasteiger charge is 2.26. The summed E-state index contributed by atoms with van der Waals surface area (Å²) in [4.78, 5) is 13.3. The highest BCUT2D eigenvalue weighted by atomic mass is 32.1. The van der Waals surface area contributed by atoms with Crippen LogP contribution >= 0.6 is 11.3 Å². The zero-order valence-electron chi connectivity index (χ0n) is 12.5. The number of amides is 1. The monoisotopic (exact) mass is 332 g/mol. The molecule has 3 rings (SSSR count). The largest absolute Gasteiger partial charge is 0.312 e. The fourth-order valence-electron chi connectivity index (χ4n) is 2.84. The van der Waals surface area contributed by atoms with Crippen LogP contribution < -0.4 is 5.32 Å². The number of carbonyl (C=O) groups excluding carboxylic acids is 1. The molecule has 1 atom stereocenters. The van der Waals surface area contributed by atoms with E-state index in [0.717, 1.165) is 41.8 Å². The Bertz CT molecular complexity index is 802. The summed E-state index contributed by atoms with van der Waals surface area (Å²) in [5.41, 5.74) is 0.748. The quantitative estimate of drug-likeness (QED) is 0.892. The molecule has 1 aromatic heterocycles. The van der Waals surface area contributed by atoms with Crippen molar-refractivity contribution in [3.05, 3.63) is 51.4 Å². The Morgan fingerprint density at radius 3 is 2.74 bits per heavy atom. The topological polar surface area (TPSA) is 52.9 Å². The molecule has 1 amide bonds. The molecule has 1 aliphatic rings. The third-order valence-electron chi connectivity index (χ3n) is 4.04. The van der Waals surface area contributed by atoms with E-state index in [-0.39, 0.29) is 0 Å². The maximum absolute atomic E-state index is 13.7. The fourth-order valence-corrected chi connectivity index (χ4v) is 4.03. The number of fused-ring (bicyclic) bond motifs is 1. The van der Waals surface area contributed by atoms with Gasteiger partial charge in [0.1, 0.15) is 28.3 Å². The molecule has 0 spiro atoms. The lowest BCUT2D eigenvalue weighted by Crippen LogP contribution is -2.16. The number of aryl methyl sites for hydroxylation is 1. The Balaban J connectivity index is 1.95. The Hall–Kier alpha value is -2.26. The molecule has 0 bridgehead atoms. The lowest BCUT2D eigenvalue weighted by Gasteiger charge is -2.17. The predicted octanol–water partition coefficient (Wildman–Crippen LogP) is 4.28. The number of benzene rings is 1. The van der Waals surface area contributed by atoms with E-state index in [9.17, 15) is 18.8 Å². The highest BCUT2D eigenvalue weighted by molar-refractivity contribution is 7.16. The summed E-state index contributed by atoms with van der Waals surface area (Å²) >= 11 is 1.32. The van der Waals surface area contributed by atoms with E-state index < -0.39 is 23.1 Å². The molecule has 1 heterocycles. The summed E-state index contributed by atoms with van der Waals surface area (Å²) in [7, 11) is 0. The van der Waals surface area contributed by atoms with E-state index in [1.165, 1.54) is 17.4 Å². The number of anilines is 1. The molecule has 0 fully saturated rings. The van der Waals surface area contributed by atoms with Gasteiger partial charge in [0, 0.05) is 4.88 Å². The summed E-state index contributed by atoms with van der Waals surface area (Å²) in [5, 5.41) is 12.3. The van der Waals surface area contributed by atoms with Gasteiger partial charge < -0.3 is 5.32 Å². The second-order valence-electron chi connectivity index (χ2n) is 5.72. The number of nitriles is 1. The average Bonchev–Trinajstić information content (AvgIpc) is 2.83. The van der Waals surface area contributed by atoms with Gasteiger partial charge in [-0.2, -0.15) is 5.26 Å². The van der Waals surface area contributed by atoms with Crippen LogP contribution in [0.15, 0.2) is 18.2 Å². The van der Waals surface area contributed by atoms with Gasteiger partial charge in [-0.15, -0.1) is 11.3 Å². The highest BCUT2D eigenvalue weighted by Crippen LogP contribution is 2.39. The minimum absolute atomic E-state index is 0.374. The van der Waals surface area contributed by atoms with E-state index in [2.05, 4.69) is 18.3 Å². The normalized spacial score (nSPS) is 16.5. The van der Waals surface area contributed by atoms with Gasteiger partial charge >= 0.3 is 0 Å². The van der Waals surface area contributed by atoms with Crippen molar-refractivity contribution in [3.8, 4) is 6.07 Å². The van der Waals surface area contributed by atoms with Crippen molar-refractivity contribution in [1.82, 2.24) is 0 Å². The number of rotatable bonds is 2. The standard InChI is InChI=1S/C17H14F2N2OS/c1-9-5-6-14-10(7-9)11(8-20)17(23-14)21-16(22)15-12(18)3-2-4-13(15)19/h2-4,9H,5-7H2,1H3,(H,21,22). The van der Waals surface area contributed by atoms with Crippen LogP contribution in [0.4, 0.5) is 13.8 Å². The maximum atomic E-state index is 13.7. The number of carbonyl (C=O) groups is 1. The summed E-state index contributed by atoms with van der Waals surface area (Å²) < 4.78 is 27.4. The third-order valence-corrected chi connectivity index (χ3v) is 5.24. The summed E-state index contributed by atoms with van der Waals surface area (Å²) in [6.07, 6.45) is 2.69. The molecule has 0 radical (unpaired) electrons. The number of hydrogen-bond acceptors (Lipinski definition) is 3. The first-order chi connectivity index (χ1) is 11.0. The SMILES string of the molecule is CC1CCc2sc(NC(=O)c3c(F)cccc3F)c(C#N)c2C1. The van der Waals surface area contributed by atoms with Crippen LogP contribution in [0.2, 0.25) is 0 Å². The Morgan fingerprint density at radius 1 is 1.39 bits per heavy atom. The van der Waals surface area contributed by atoms with Gasteiger partial charge in [0.2, 0.25) is 0 Å². The van der Waals surface area contributed by atoms with Crippen LogP contribution in [0.1, 0.15) is 39.7 Å². The molecule has 2 aromatic rings. The molecule has 0 saturated carbocycles. The second-order valence-corrected chi connectivity index (χ2v) is 6.82. The molecule has 23 heavy (non-hydrogen) atoms. The van der Waals surface area contributed by atoms with Gasteiger partial charge in [-0.25, -0.2) is 8.78 Å². The van der Waals surface area contributed by atoms with Crippen LogP contribution in [0.3, 0.4) is 0 Å². The minimum atomic E-state index is -0.920. The van der Waals surface area contributed by atoms with Gasteiger partial charge in [0.25, 0.3) is 5.91 Å². The number of nitrogens with one attached hydrogen (secondary N) is 1. The van der Waals surface area contributed by atoms with Gasteiger partial charge in [0.05, 0.1) is 5.56 Å². The molecule has 0 saturated heterocycles. The van der Waals surface area contributed by atoms with Crippen LogP contribution in [0.5, 0.6) is 0 Å². The van der Waals surface area contributed by atoms with Crippen molar-refractivity contribution in [2.75, 3.05) is 5.32 Å². The van der Waals surface area contributed by atoms with Gasteiger partial charge in [-0.3, -0.25) is 4.79 Å². The average molecular weight is 332 g/mol. The van der Waals surface area contributed by atoms with Crippen LogP contribution in [-0.2, 0) is 12.8 Å². The summed E-state index contributed by atoms with van der Waals surface area (Å²) in [6.45, 7) is 2.12. The molecular formula is C17H14F2N2OS. The zero-order valence-corrected chi connectivity index (χ0v) is 13.3. The first kappa shape index (κ1) is 15.6. The van der Waals surface area contributed by atoms with Crippen molar-refractivity contribution < 1.29 is 13.6 Å². The molecule has 0 aliphatic heterocycles. The summed E-state index contributed by atoms with van der Waals surface area (Å²) in [5.74, 6) is -2.23. The summed E-state index contributed by atoms with van der Waals surface area (Å²) in [6, 6.07) is 5.38. The van der Waals surface area contributed by atoms with Crippen LogP contribution in [0, 0.1) is 28.9 Å². The van der Waals surface area contributed by atoms with E-state index in [1.54, 1.807) is 0 Å². The number of nitrogens with zero attached hydrogens (tertiary/aromatic N) is 1. The Labute approximate surface area is 136 Å². The molecule has 1 N–H and O–H groups in total. The van der Waals surface area contributed by atoms with E-state index >= 15 is 0 Å². The fraction of sp³-hybridized carbons (Fsp3) is 0.294. The minimum Gasteiger partial charge on any atom is -0.312 e. The number of hydrogen-bond donors (Lipinski definition) is 1. The number of halogens is 2. The van der Waals surface area contributed by atoms with Gasteiger partial charge in [-0.05, 0) is 42.9 Å². The zero-order chi connectivity index (χ0) is 16.6. The van der Waals surface area contributed by atoms with Crippen molar-refractivity contribution in [1.29, 1.82) is 5.26 Å². The van der Waals surface area contributed by atoms with Crippen LogP contribution in [-0.4, -0.2) is 5.91 Å². The Kier molecular flexibility index (Phi) is 4.14. The molecule has 1 aliphatic carbocycles. The first-order valence-electron chi connectivity index (χ1n) is 7.31. The number of thiophene rings is 1. The third kappa shape index (κ3) is 2.84. The van der Waals surface area contributed by atoms with Gasteiger partial charge in [-0.1, -0.05) is 13.0 Å². The molecule has 3 nitrogen and oxygen atoms in total. The predicted molar refractivity (Wildman–Crippen MR) is 84.5 cm³/mol. The van der Waals surface area contributed by atoms with E-state index in [4.69, 9.17) is 0 Å². The lowest BCUT2D eigenvalue weighted by molar-refractivity contribution is 0.101. The first-order valence-corrected chi connectivity index (χ1v) is 8.13. The molecular weight excluding hydrogens is 318 g/mol. The Morgan fingerprint density at radius 2 is 2.09 bits per heavy atom. The van der Waals surface area contributed by atoms with E-state index in [0.29, 0.717) is 16.5 Å². The second kappa shape index (κ2) is 6.09. The molecule has 6 heteroatoms. The molecule has 1 aromatic carbocycles. The maximum Gasteiger partial charge on any atom is 0.262 e. The molecule has 1 unspecified atom stereocenters. The van der Waals surface area contributed by atoms with E-state index in [1.807, 2.05) is 0 Å². The molecule has 118 valence electrons. The van der Waals surface area contributed by atoms with Crippen molar-refractivity contribution in [3.63, 3.8) is 0 Å². The lowest BCUT2D eigenvalue weighted by atomic mass is 9.88. The smallest absolute Gasteiger partial charge is 0.262 e. The van der Waals surface area contributed by atoms with Crippen molar-refractivity contribution in [2.24, 2.45) is 5.92 Å². The van der Waals surface area contributed by atoms with Crippen molar-refractivity contribution in [2.45, 2.75) is 26.2 Å². The van der Waals surface area contributed by atoms with Gasteiger partial charge in [0.15, 0.2) is 0 Å². The van der Waals surface area contributed by atoms with Crippen LogP contribution in [0.25, 0.3) is 0 Å².